The summed E-state index contributed by atoms with van der Waals surface area (Å²) in [5.41, 5.74) is 2.91. The van der Waals surface area contributed by atoms with Gasteiger partial charge >= 0.3 is 6.03 Å². The number of benzene rings is 3. The lowest BCUT2D eigenvalue weighted by Gasteiger charge is -2.36. The Morgan fingerprint density at radius 1 is 0.971 bits per heavy atom. The highest BCUT2D eigenvalue weighted by Crippen LogP contribution is 2.37. The molecule has 1 aliphatic heterocycles. The quantitative estimate of drug-likeness (QED) is 0.581. The van der Waals surface area contributed by atoms with Gasteiger partial charge in [0.25, 0.3) is 10.0 Å². The van der Waals surface area contributed by atoms with Crippen LogP contribution in [0, 0.1) is 13.8 Å². The number of carbonyl (C=O) groups is 2. The number of sulfonamides is 1. The van der Waals surface area contributed by atoms with Gasteiger partial charge in [-0.25, -0.2) is 13.2 Å². The number of urea groups is 1. The van der Waals surface area contributed by atoms with Gasteiger partial charge < -0.3 is 10.1 Å². The minimum absolute atomic E-state index is 0.0308. The predicted molar refractivity (Wildman–Crippen MR) is 130 cm³/mol. The van der Waals surface area contributed by atoms with Crippen molar-refractivity contribution < 1.29 is 22.7 Å². The van der Waals surface area contributed by atoms with Crippen molar-refractivity contribution in [3.8, 4) is 5.75 Å². The van der Waals surface area contributed by atoms with Crippen LogP contribution < -0.4 is 19.3 Å². The number of aryl methyl sites for hydroxylation is 2. The molecule has 1 N–H and O–H groups in total. The Hall–Kier alpha value is -3.85. The molecule has 8 nitrogen and oxygen atoms in total. The Bertz CT molecular complexity index is 1330. The topological polar surface area (TPSA) is 96.0 Å². The third-order valence-corrected chi connectivity index (χ3v) is 7.22. The minimum Gasteiger partial charge on any atom is -0.497 e. The highest BCUT2D eigenvalue weighted by atomic mass is 32.2. The maximum Gasteiger partial charge on any atom is 0.343 e. The van der Waals surface area contributed by atoms with Crippen LogP contribution in [0.5, 0.6) is 5.75 Å². The zero-order valence-electron chi connectivity index (χ0n) is 19.1. The highest BCUT2D eigenvalue weighted by Gasteiger charge is 2.43. The van der Waals surface area contributed by atoms with Crippen molar-refractivity contribution in [2.45, 2.75) is 25.3 Å². The van der Waals surface area contributed by atoms with Gasteiger partial charge in [0.1, 0.15) is 17.2 Å². The van der Waals surface area contributed by atoms with Crippen LogP contribution in [-0.2, 0) is 21.4 Å². The first kappa shape index (κ1) is 23.3. The van der Waals surface area contributed by atoms with Crippen molar-refractivity contribution in [1.82, 2.24) is 5.32 Å². The first-order valence-corrected chi connectivity index (χ1v) is 12.1. The maximum absolute atomic E-state index is 13.5. The van der Waals surface area contributed by atoms with Gasteiger partial charge in [-0.1, -0.05) is 30.3 Å². The van der Waals surface area contributed by atoms with E-state index in [1.165, 1.54) is 17.0 Å². The maximum atomic E-state index is 13.5. The number of amides is 3. The summed E-state index contributed by atoms with van der Waals surface area (Å²) in [6, 6.07) is 17.8. The summed E-state index contributed by atoms with van der Waals surface area (Å²) in [7, 11) is -2.58. The number of carbonyl (C=O) groups excluding carboxylic acids is 2. The van der Waals surface area contributed by atoms with Gasteiger partial charge in [0.05, 0.1) is 18.5 Å². The molecule has 0 saturated carbocycles. The number of ether oxygens (including phenoxy) is 1. The van der Waals surface area contributed by atoms with Crippen LogP contribution in [0.1, 0.15) is 16.7 Å². The van der Waals surface area contributed by atoms with Gasteiger partial charge in [-0.05, 0) is 66.9 Å². The van der Waals surface area contributed by atoms with Crippen molar-refractivity contribution in [2.75, 3.05) is 22.9 Å². The van der Waals surface area contributed by atoms with Crippen LogP contribution in [0.25, 0.3) is 0 Å². The van der Waals surface area contributed by atoms with Gasteiger partial charge in [-0.15, -0.1) is 0 Å². The van der Waals surface area contributed by atoms with E-state index in [0.717, 1.165) is 21.0 Å². The Balaban J connectivity index is 1.63. The normalized spacial score (nSPS) is 14.5. The average molecular weight is 480 g/mol. The first-order valence-electron chi connectivity index (χ1n) is 10.6. The number of hydrogen-bond acceptors (Lipinski definition) is 5. The number of nitrogens with one attached hydrogen (secondary N) is 1. The molecule has 9 heteroatoms. The molecule has 3 aromatic rings. The van der Waals surface area contributed by atoms with Crippen LogP contribution in [0.2, 0.25) is 0 Å². The molecule has 0 aliphatic carbocycles. The van der Waals surface area contributed by atoms with Gasteiger partial charge in [0.2, 0.25) is 5.91 Å². The molecule has 1 aliphatic rings. The molecule has 0 radical (unpaired) electrons. The summed E-state index contributed by atoms with van der Waals surface area (Å²) < 4.78 is 32.7. The number of fused-ring (bicyclic) bond motifs is 1. The largest absolute Gasteiger partial charge is 0.497 e. The van der Waals surface area contributed by atoms with Crippen LogP contribution in [-0.4, -0.2) is 34.0 Å². The van der Waals surface area contributed by atoms with Crippen LogP contribution in [0.4, 0.5) is 16.2 Å². The molecule has 3 amide bonds. The Morgan fingerprint density at radius 2 is 1.62 bits per heavy atom. The highest BCUT2D eigenvalue weighted by molar-refractivity contribution is 7.94. The van der Waals surface area contributed by atoms with Crippen LogP contribution >= 0.6 is 0 Å². The van der Waals surface area contributed by atoms with E-state index in [1.807, 2.05) is 32.0 Å². The second-order valence-corrected chi connectivity index (χ2v) is 9.83. The Kier molecular flexibility index (Phi) is 6.30. The minimum atomic E-state index is -4.15. The standard InChI is InChI=1S/C25H25N3O5S/c1-17-12-18(2)14-20(13-17)28-25(30)27(22-6-4-5-7-23(22)34(28,31)32)16-24(29)26-15-19-8-10-21(33-3)11-9-19/h4-14H,15-16H2,1-3H3,(H,26,29). The Morgan fingerprint density at radius 3 is 2.26 bits per heavy atom. The third-order valence-electron chi connectivity index (χ3n) is 5.47. The van der Waals surface area contributed by atoms with Crippen molar-refractivity contribution in [3.05, 3.63) is 83.4 Å². The van der Waals surface area contributed by atoms with Gasteiger partial charge in [-0.3, -0.25) is 9.69 Å². The summed E-state index contributed by atoms with van der Waals surface area (Å²) in [5, 5.41) is 2.79. The lowest BCUT2D eigenvalue weighted by atomic mass is 10.1. The molecule has 3 aromatic carbocycles. The predicted octanol–water partition coefficient (Wildman–Crippen LogP) is 3.76. The fraction of sp³-hybridized carbons (Fsp3) is 0.200. The number of nitrogens with zero attached hydrogens (tertiary/aromatic N) is 2. The lowest BCUT2D eigenvalue weighted by Crippen LogP contribution is -2.53. The summed E-state index contributed by atoms with van der Waals surface area (Å²) in [5.74, 6) is 0.289. The van der Waals surface area contributed by atoms with Crippen molar-refractivity contribution in [2.24, 2.45) is 0 Å². The van der Waals surface area contributed by atoms with Crippen LogP contribution in [0.15, 0.2) is 71.6 Å². The molecular formula is C25H25N3O5S. The molecule has 4 rings (SSSR count). The summed E-state index contributed by atoms with van der Waals surface area (Å²) in [6.07, 6.45) is 0. The molecule has 0 aromatic heterocycles. The number of methoxy groups -OCH3 is 1. The molecule has 0 spiro atoms. The molecule has 0 unspecified atom stereocenters. The molecule has 0 fully saturated rings. The third kappa shape index (κ3) is 4.47. The van der Waals surface area contributed by atoms with E-state index < -0.39 is 22.0 Å². The summed E-state index contributed by atoms with van der Waals surface area (Å²) in [6.45, 7) is 3.58. The molecular weight excluding hydrogens is 454 g/mol. The molecule has 0 saturated heterocycles. The van der Waals surface area contributed by atoms with E-state index in [0.29, 0.717) is 5.75 Å². The SMILES string of the molecule is COc1ccc(CNC(=O)CN2C(=O)N(c3cc(C)cc(C)c3)S(=O)(=O)c3ccccc32)cc1. The molecule has 0 bridgehead atoms. The zero-order valence-corrected chi connectivity index (χ0v) is 19.9. The second-order valence-electron chi connectivity index (χ2n) is 8.08. The monoisotopic (exact) mass is 479 g/mol. The van der Waals surface area contributed by atoms with Gasteiger partial charge in [0, 0.05) is 6.54 Å². The van der Waals surface area contributed by atoms with E-state index in [2.05, 4.69) is 5.32 Å². The molecule has 176 valence electrons. The Labute approximate surface area is 198 Å². The van der Waals surface area contributed by atoms with E-state index in [4.69, 9.17) is 4.74 Å². The van der Waals surface area contributed by atoms with Gasteiger partial charge in [-0.2, -0.15) is 4.31 Å². The van der Waals surface area contributed by atoms with Crippen molar-refractivity contribution in [3.63, 3.8) is 0 Å². The summed E-state index contributed by atoms with van der Waals surface area (Å²) in [4.78, 5) is 27.4. The number of anilines is 2. The number of rotatable bonds is 6. The molecule has 34 heavy (non-hydrogen) atoms. The zero-order chi connectivity index (χ0) is 24.5. The average Bonchev–Trinajstić information content (AvgIpc) is 2.80. The smallest absolute Gasteiger partial charge is 0.343 e. The lowest BCUT2D eigenvalue weighted by molar-refractivity contribution is -0.119. The van der Waals surface area contributed by atoms with Crippen LogP contribution in [0.3, 0.4) is 0 Å². The first-order chi connectivity index (χ1) is 16.2. The second kappa shape index (κ2) is 9.18. The van der Waals surface area contributed by atoms with E-state index in [-0.39, 0.29) is 29.4 Å². The van der Waals surface area contributed by atoms with E-state index in [9.17, 15) is 18.0 Å². The fourth-order valence-electron chi connectivity index (χ4n) is 3.93. The van der Waals surface area contributed by atoms with E-state index >= 15 is 0 Å². The fourth-order valence-corrected chi connectivity index (χ4v) is 5.50. The molecule has 0 atom stereocenters. The number of hydrogen-bond donors (Lipinski definition) is 1. The van der Waals surface area contributed by atoms with E-state index in [1.54, 1.807) is 43.5 Å². The van der Waals surface area contributed by atoms with Gasteiger partial charge in [0.15, 0.2) is 0 Å². The summed E-state index contributed by atoms with van der Waals surface area (Å²) >= 11 is 0. The van der Waals surface area contributed by atoms with Crippen molar-refractivity contribution in [1.29, 1.82) is 0 Å². The number of para-hydroxylation sites is 1. The molecule has 1 heterocycles. The van der Waals surface area contributed by atoms with Crippen molar-refractivity contribution >= 4 is 33.3 Å².